The summed E-state index contributed by atoms with van der Waals surface area (Å²) in [5, 5.41) is 7.55. The van der Waals surface area contributed by atoms with Crippen molar-refractivity contribution in [3.05, 3.63) is 176 Å². The van der Waals surface area contributed by atoms with Gasteiger partial charge in [-0.1, -0.05) is 62.4 Å². The van der Waals surface area contributed by atoms with Gasteiger partial charge in [-0.15, -0.1) is 0 Å². The molecule has 0 amide bonds. The zero-order chi connectivity index (χ0) is 59.3. The van der Waals surface area contributed by atoms with Crippen LogP contribution in [0.25, 0.3) is 43.4 Å². The van der Waals surface area contributed by atoms with Crippen molar-refractivity contribution < 1.29 is 81.5 Å². The maximum Gasteiger partial charge on any atom is 1.00 e. The first-order valence-corrected chi connectivity index (χ1v) is 26.9. The molecule has 2 aliphatic heterocycles. The molecule has 21 heteroatoms. The fraction of sp³-hybridized carbons (Fsp3) is 0.323. The molecular weight excluding hydrogens is 1080 g/mol. The van der Waals surface area contributed by atoms with Crippen molar-refractivity contribution in [1.29, 1.82) is 0 Å². The number of nitrogens with zero attached hydrogens (tertiary/aromatic N) is 5. The van der Waals surface area contributed by atoms with Crippen LogP contribution >= 0.6 is 0 Å². The van der Waals surface area contributed by atoms with E-state index >= 15 is 0 Å². The number of aldehydes is 1. The van der Waals surface area contributed by atoms with Crippen molar-refractivity contribution in [2.75, 3.05) is 32.7 Å². The van der Waals surface area contributed by atoms with Crippen LogP contribution in [0, 0.1) is 11.6 Å². The molecule has 83 heavy (non-hydrogen) atoms. The Morgan fingerprint density at radius 2 is 1.01 bits per heavy atom. The molecule has 10 rings (SSSR count). The van der Waals surface area contributed by atoms with Crippen molar-refractivity contribution in [3.63, 3.8) is 0 Å². The fourth-order valence-corrected chi connectivity index (χ4v) is 9.50. The van der Waals surface area contributed by atoms with E-state index in [0.29, 0.717) is 46.7 Å². The SMILES string of the molecule is C1CCNC1.CC(=O)OOC(C)=O.C[C@@H](CC(=O)c1ccc2c3ccncc3c(=O)n(CC=O)c2c1)c1ccc(F)cc1.C[C@@H](CC(=O)c1ccc2c3ccncc3c(=O)n(CCN3CCCC3)c2c1)c1ccc(F)cc1.[B-]OC(C)=O.[Na+]. The van der Waals surface area contributed by atoms with E-state index in [1.54, 1.807) is 71.7 Å². The maximum absolute atomic E-state index is 13.4. The van der Waals surface area contributed by atoms with Crippen molar-refractivity contribution >= 4 is 87.2 Å². The molecule has 2 atom stereocenters. The molecule has 3 radical (unpaired) electrons. The van der Waals surface area contributed by atoms with Gasteiger partial charge >= 0.3 is 41.5 Å². The Kier molecular flexibility index (Phi) is 26.2. The number of benzene rings is 4. The van der Waals surface area contributed by atoms with Gasteiger partial charge in [-0.05, 0) is 134 Å². The van der Waals surface area contributed by atoms with Gasteiger partial charge in [0.1, 0.15) is 17.9 Å². The summed E-state index contributed by atoms with van der Waals surface area (Å²) in [5.41, 5.74) is 3.78. The Hall–Kier alpha value is -7.62. The molecule has 2 saturated heterocycles. The molecule has 1 N–H and O–H groups in total. The molecule has 0 bridgehead atoms. The standard InChI is InChI=1S/C28H28FN3O2.C24H19FN2O3.C4H9N.C4H6O4.C2H3BO2.Na/c1-19(20-4-7-22(29)8-5-20)16-27(33)21-6-9-24-23-10-11-30-18-25(23)28(34)32(26(24)17-21)15-14-31-12-2-3-13-31;1-15(16-2-5-18(25)6-3-16)12-23(29)17-4-7-20-19-8-9-26-14-21(19)24(30)27(10-11-28)22(20)13-17;1-2-4-5-3-1;1-3(5)7-8-4(2)6;1-2(4)5-3;/h4-11,17-19H,2-3,12-16H2,1H3;2-9,11,13-15H,10,12H2,1H3;5H,1-4H2;1-2H3;1H3;/q;;;;-1;+1/t19-;15-;;;;/m00..../s1. The summed E-state index contributed by atoms with van der Waals surface area (Å²) in [4.78, 5) is 111. The largest absolute Gasteiger partial charge is 1.00 e. The third-order valence-electron chi connectivity index (χ3n) is 13.8. The molecule has 0 unspecified atom stereocenters. The summed E-state index contributed by atoms with van der Waals surface area (Å²) >= 11 is 0. The van der Waals surface area contributed by atoms with E-state index in [-0.39, 0.29) is 88.7 Å². The summed E-state index contributed by atoms with van der Waals surface area (Å²) in [6.45, 7) is 13.3. The van der Waals surface area contributed by atoms with Crippen LogP contribution in [-0.2, 0) is 46.7 Å². The summed E-state index contributed by atoms with van der Waals surface area (Å²) in [7, 11) is 4.32. The third-order valence-corrected chi connectivity index (χ3v) is 13.8. The average molecular weight is 1140 g/mol. The summed E-state index contributed by atoms with van der Waals surface area (Å²) in [5.74, 6) is -2.56. The van der Waals surface area contributed by atoms with Crippen molar-refractivity contribution in [2.24, 2.45) is 0 Å². The number of likely N-dealkylation sites (tertiary alicyclic amines) is 1. The quantitative estimate of drug-likeness (QED) is 0.0328. The molecule has 0 spiro atoms. The first kappa shape index (κ1) is 66.2. The second-order valence-corrected chi connectivity index (χ2v) is 19.8. The van der Waals surface area contributed by atoms with E-state index in [9.17, 15) is 47.1 Å². The van der Waals surface area contributed by atoms with E-state index in [1.165, 1.54) is 80.7 Å². The van der Waals surface area contributed by atoms with Gasteiger partial charge in [-0.3, -0.25) is 33.9 Å². The van der Waals surface area contributed by atoms with E-state index in [0.717, 1.165) is 71.7 Å². The van der Waals surface area contributed by atoms with Crippen LogP contribution in [0.15, 0.2) is 131 Å². The topological polar surface area (TPSA) is 215 Å². The van der Waals surface area contributed by atoms with Crippen LogP contribution in [0.1, 0.15) is 117 Å². The molecule has 0 saturated carbocycles. The van der Waals surface area contributed by atoms with E-state index < -0.39 is 17.9 Å². The number of Topliss-reactive ketones (excluding diaryl/α,β-unsaturated/α-hetero) is 2. The van der Waals surface area contributed by atoms with Crippen LogP contribution in [0.2, 0.25) is 0 Å². The maximum atomic E-state index is 13.4. The first-order valence-electron chi connectivity index (χ1n) is 26.9. The minimum atomic E-state index is -0.639. The minimum Gasteiger partial charge on any atom is -0.793 e. The molecule has 0 aliphatic carbocycles. The van der Waals surface area contributed by atoms with E-state index in [4.69, 9.17) is 0 Å². The number of carbonyl (C=O) groups is 6. The molecule has 2 aliphatic rings. The predicted molar refractivity (Wildman–Crippen MR) is 309 cm³/mol. The van der Waals surface area contributed by atoms with E-state index in [1.807, 2.05) is 38.1 Å². The van der Waals surface area contributed by atoms with Gasteiger partial charge in [0.2, 0.25) is 5.97 Å². The summed E-state index contributed by atoms with van der Waals surface area (Å²) in [6, 6.07) is 26.9. The summed E-state index contributed by atoms with van der Waals surface area (Å²) < 4.78 is 33.2. The van der Waals surface area contributed by atoms with Gasteiger partial charge in [0.25, 0.3) is 11.1 Å². The van der Waals surface area contributed by atoms with Gasteiger partial charge in [0.15, 0.2) is 11.6 Å². The van der Waals surface area contributed by atoms with Gasteiger partial charge in [-0.25, -0.2) is 28.1 Å². The second-order valence-electron chi connectivity index (χ2n) is 19.8. The first-order chi connectivity index (χ1) is 39.4. The van der Waals surface area contributed by atoms with Crippen LogP contribution in [0.3, 0.4) is 0 Å². The normalized spacial score (nSPS) is 13.3. The Morgan fingerprint density at radius 1 is 0.590 bits per heavy atom. The molecule has 6 heterocycles. The Balaban J connectivity index is 0.000000233. The number of nitrogens with one attached hydrogen (secondary N) is 1. The fourth-order valence-electron chi connectivity index (χ4n) is 9.50. The minimum absolute atomic E-state index is 0. The molecule has 4 aromatic carbocycles. The Labute approximate surface area is 502 Å². The second kappa shape index (κ2) is 32.9. The van der Waals surface area contributed by atoms with Crippen molar-refractivity contribution in [1.82, 2.24) is 29.3 Å². The predicted octanol–water partition coefficient (Wildman–Crippen LogP) is 6.46. The molecular formula is C62H65BF2N6NaO11. The van der Waals surface area contributed by atoms with Crippen LogP contribution in [0.5, 0.6) is 0 Å². The van der Waals surface area contributed by atoms with Gasteiger partial charge < -0.3 is 36.8 Å². The van der Waals surface area contributed by atoms with Crippen LogP contribution in [-0.4, -0.2) is 101 Å². The van der Waals surface area contributed by atoms with Crippen molar-refractivity contribution in [2.45, 2.75) is 98.1 Å². The number of pyridine rings is 4. The monoisotopic (exact) mass is 1140 g/mol. The number of hydrogen-bond acceptors (Lipinski definition) is 15. The molecule has 4 aromatic heterocycles. The number of aromatic nitrogens is 4. The summed E-state index contributed by atoms with van der Waals surface area (Å²) in [6.07, 6.45) is 12.8. The van der Waals surface area contributed by atoms with Gasteiger partial charge in [0.05, 0.1) is 28.4 Å². The number of carbonyl (C=O) groups excluding carboxylic acids is 6. The van der Waals surface area contributed by atoms with Crippen LogP contribution in [0.4, 0.5) is 8.78 Å². The smallest absolute Gasteiger partial charge is 0.793 e. The van der Waals surface area contributed by atoms with E-state index in [2.05, 4.69) is 42.7 Å². The Morgan fingerprint density at radius 3 is 1.40 bits per heavy atom. The van der Waals surface area contributed by atoms with Gasteiger partial charge in [0, 0.05) is 93.4 Å². The zero-order valence-electron chi connectivity index (χ0n) is 47.5. The number of hydrogen-bond donors (Lipinski definition) is 1. The molecule has 2 fully saturated rings. The Bertz CT molecular complexity index is 3650. The zero-order valence-corrected chi connectivity index (χ0v) is 49.5. The molecule has 427 valence electrons. The number of ketones is 2. The average Bonchev–Trinajstić information content (AvgIpc) is 4.05. The van der Waals surface area contributed by atoms with Crippen molar-refractivity contribution in [3.8, 4) is 0 Å². The third kappa shape index (κ3) is 19.0. The molecule has 17 nitrogen and oxygen atoms in total. The number of rotatable bonds is 13. The number of halogens is 2. The van der Waals surface area contributed by atoms with Gasteiger partial charge in [-0.2, -0.15) is 0 Å². The number of fused-ring (bicyclic) bond motifs is 6. The van der Waals surface area contributed by atoms with Crippen LogP contribution < -0.4 is 46.0 Å². The molecule has 8 aromatic rings.